The normalized spacial score (nSPS) is 44.8. The molecule has 2 atom stereocenters. The highest BCUT2D eigenvalue weighted by molar-refractivity contribution is 6.22. The van der Waals surface area contributed by atoms with Crippen molar-refractivity contribution in [1.82, 2.24) is 0 Å². The van der Waals surface area contributed by atoms with Gasteiger partial charge in [-0.3, -0.25) is 4.79 Å². The lowest BCUT2D eigenvalue weighted by Gasteiger charge is -2.51. The zero-order valence-corrected chi connectivity index (χ0v) is 7.88. The van der Waals surface area contributed by atoms with Crippen LogP contribution in [0.5, 0.6) is 0 Å². The Kier molecular flexibility index (Phi) is 2.03. The zero-order valence-electron chi connectivity index (χ0n) is 7.13. The van der Waals surface area contributed by atoms with E-state index in [9.17, 15) is 4.79 Å². The quantitative estimate of drug-likeness (QED) is 0.464. The summed E-state index contributed by atoms with van der Waals surface area (Å²) in [6, 6.07) is 0. The van der Waals surface area contributed by atoms with Gasteiger partial charge in [0.25, 0.3) is 0 Å². The minimum atomic E-state index is -0.0541. The lowest BCUT2D eigenvalue weighted by Crippen LogP contribution is -2.54. The summed E-state index contributed by atoms with van der Waals surface area (Å²) >= 11 is 6.10. The number of ether oxygens (including phenoxy) is 1. The molecule has 0 aromatic carbocycles. The molecule has 0 radical (unpaired) electrons. The van der Waals surface area contributed by atoms with Gasteiger partial charge < -0.3 is 4.74 Å². The lowest BCUT2D eigenvalue weighted by atomic mass is 9.57. The molecule has 0 heterocycles. The van der Waals surface area contributed by atoms with E-state index in [0.29, 0.717) is 11.8 Å². The molecule has 0 aliphatic heterocycles. The fourth-order valence-electron chi connectivity index (χ4n) is 2.64. The van der Waals surface area contributed by atoms with Crippen LogP contribution in [0.2, 0.25) is 0 Å². The molecule has 0 amide bonds. The number of rotatable bonds is 1. The molecule has 68 valence electrons. The van der Waals surface area contributed by atoms with Gasteiger partial charge in [0.15, 0.2) is 0 Å². The smallest absolute Gasteiger partial charge is 0.309 e. The number of hydrogen-bond donors (Lipinski definition) is 0. The molecule has 3 saturated carbocycles. The van der Waals surface area contributed by atoms with Gasteiger partial charge in [-0.05, 0) is 24.7 Å². The van der Waals surface area contributed by atoms with E-state index >= 15 is 0 Å². The van der Waals surface area contributed by atoms with Gasteiger partial charge in [-0.2, -0.15) is 0 Å². The first-order valence-corrected chi connectivity index (χ1v) is 4.91. The van der Waals surface area contributed by atoms with Crippen LogP contribution in [0.25, 0.3) is 0 Å². The van der Waals surface area contributed by atoms with Crippen molar-refractivity contribution < 1.29 is 9.53 Å². The Labute approximate surface area is 77.2 Å². The van der Waals surface area contributed by atoms with Crippen LogP contribution in [0.3, 0.4) is 0 Å². The molecular weight excluding hydrogens is 176 g/mol. The maximum Gasteiger partial charge on any atom is 0.309 e. The summed E-state index contributed by atoms with van der Waals surface area (Å²) in [6.45, 7) is 0. The summed E-state index contributed by atoms with van der Waals surface area (Å²) in [5.74, 6) is 0.864. The second kappa shape index (κ2) is 2.91. The molecule has 0 spiro atoms. The van der Waals surface area contributed by atoms with E-state index < -0.39 is 0 Å². The molecule has 3 heteroatoms. The van der Waals surface area contributed by atoms with E-state index in [1.165, 1.54) is 13.5 Å². The average Bonchev–Trinajstić information content (AvgIpc) is 2.15. The van der Waals surface area contributed by atoms with Crippen molar-refractivity contribution in [2.45, 2.75) is 24.6 Å². The fraction of sp³-hybridized carbons (Fsp3) is 0.889. The molecule has 2 unspecified atom stereocenters. The summed E-state index contributed by atoms with van der Waals surface area (Å²) in [4.78, 5) is 11.3. The topological polar surface area (TPSA) is 26.3 Å². The van der Waals surface area contributed by atoms with Crippen molar-refractivity contribution in [3.8, 4) is 0 Å². The van der Waals surface area contributed by atoms with Crippen LogP contribution in [0.1, 0.15) is 19.3 Å². The van der Waals surface area contributed by atoms with Crippen LogP contribution in [0, 0.1) is 17.8 Å². The van der Waals surface area contributed by atoms with Gasteiger partial charge in [-0.25, -0.2) is 0 Å². The molecule has 3 rings (SSSR count). The summed E-state index contributed by atoms with van der Waals surface area (Å²) in [6.07, 6.45) is 3.43. The first-order chi connectivity index (χ1) is 5.75. The molecule has 3 aliphatic carbocycles. The van der Waals surface area contributed by atoms with E-state index in [2.05, 4.69) is 0 Å². The van der Waals surface area contributed by atoms with Gasteiger partial charge in [-0.1, -0.05) is 6.42 Å². The number of alkyl halides is 1. The number of hydrogen-bond acceptors (Lipinski definition) is 2. The third-order valence-electron chi connectivity index (χ3n) is 3.29. The second-order valence-electron chi connectivity index (χ2n) is 3.75. The van der Waals surface area contributed by atoms with Crippen LogP contribution in [0.15, 0.2) is 0 Å². The Morgan fingerprint density at radius 3 is 2.42 bits per heavy atom. The maximum absolute atomic E-state index is 11.3. The van der Waals surface area contributed by atoms with Crippen molar-refractivity contribution in [3.05, 3.63) is 0 Å². The van der Waals surface area contributed by atoms with Crippen molar-refractivity contribution >= 4 is 17.6 Å². The fourth-order valence-corrected chi connectivity index (χ4v) is 3.20. The minimum absolute atomic E-state index is 0.0541. The standard InChI is InChI=1S/C9H13ClO2/c1-12-9(11)7-5-3-2-4-6(7)8(5)10/h5-8H,2-4H2,1H3. The number of carbonyl (C=O) groups excluding carboxylic acids is 1. The monoisotopic (exact) mass is 188 g/mol. The molecule has 0 aromatic heterocycles. The van der Waals surface area contributed by atoms with Gasteiger partial charge in [0.1, 0.15) is 0 Å². The van der Waals surface area contributed by atoms with Crippen LogP contribution in [0.4, 0.5) is 0 Å². The molecule has 2 nitrogen and oxygen atoms in total. The number of methoxy groups -OCH3 is 1. The van der Waals surface area contributed by atoms with Gasteiger partial charge in [0.05, 0.1) is 13.0 Å². The molecule has 3 fully saturated rings. The third-order valence-corrected chi connectivity index (χ3v) is 3.94. The highest BCUT2D eigenvalue weighted by Crippen LogP contribution is 2.53. The van der Waals surface area contributed by atoms with E-state index in [0.717, 1.165) is 12.8 Å². The second-order valence-corrected chi connectivity index (χ2v) is 4.26. The van der Waals surface area contributed by atoms with Crippen LogP contribution in [-0.4, -0.2) is 18.5 Å². The van der Waals surface area contributed by atoms with Crippen molar-refractivity contribution in [2.24, 2.45) is 17.8 Å². The molecule has 0 saturated heterocycles. The summed E-state index contributed by atoms with van der Waals surface area (Å²) in [7, 11) is 1.46. The van der Waals surface area contributed by atoms with Crippen LogP contribution in [-0.2, 0) is 9.53 Å². The van der Waals surface area contributed by atoms with Gasteiger partial charge in [0.2, 0.25) is 0 Å². The van der Waals surface area contributed by atoms with Crippen molar-refractivity contribution in [2.75, 3.05) is 7.11 Å². The summed E-state index contributed by atoms with van der Waals surface area (Å²) in [5, 5.41) is 0.239. The number of carbonyl (C=O) groups is 1. The van der Waals surface area contributed by atoms with Crippen molar-refractivity contribution in [1.29, 1.82) is 0 Å². The predicted molar refractivity (Wildman–Crippen MR) is 46.0 cm³/mol. The third kappa shape index (κ3) is 0.972. The number of esters is 1. The lowest BCUT2D eigenvalue weighted by molar-refractivity contribution is -0.159. The van der Waals surface area contributed by atoms with Gasteiger partial charge in [-0.15, -0.1) is 11.6 Å². The van der Waals surface area contributed by atoms with E-state index in [4.69, 9.17) is 16.3 Å². The molecule has 0 N–H and O–H groups in total. The molecule has 12 heavy (non-hydrogen) atoms. The number of halogens is 1. The molecule has 0 aromatic rings. The molecular formula is C9H13ClO2. The summed E-state index contributed by atoms with van der Waals surface area (Å²) < 4.78 is 4.74. The zero-order chi connectivity index (χ0) is 8.72. The summed E-state index contributed by atoms with van der Waals surface area (Å²) in [5.41, 5.74) is 0. The van der Waals surface area contributed by atoms with Gasteiger partial charge in [0, 0.05) is 5.38 Å². The Morgan fingerprint density at radius 1 is 1.42 bits per heavy atom. The average molecular weight is 189 g/mol. The Balaban J connectivity index is 2.06. The van der Waals surface area contributed by atoms with E-state index in [1.54, 1.807) is 0 Å². The highest BCUT2D eigenvalue weighted by Gasteiger charge is 2.55. The van der Waals surface area contributed by atoms with Gasteiger partial charge >= 0.3 is 5.97 Å². The van der Waals surface area contributed by atoms with Crippen LogP contribution >= 0.6 is 11.6 Å². The Hall–Kier alpha value is -0.240. The first-order valence-electron chi connectivity index (χ1n) is 4.47. The van der Waals surface area contributed by atoms with Crippen molar-refractivity contribution in [3.63, 3.8) is 0 Å². The predicted octanol–water partition coefficient (Wildman–Crippen LogP) is 1.81. The van der Waals surface area contributed by atoms with E-state index in [1.807, 2.05) is 0 Å². The first kappa shape index (κ1) is 8.36. The Morgan fingerprint density at radius 2 is 2.00 bits per heavy atom. The SMILES string of the molecule is COC(=O)C1C2CCCC1C2Cl. The molecule has 3 aliphatic rings. The minimum Gasteiger partial charge on any atom is -0.469 e. The largest absolute Gasteiger partial charge is 0.469 e. The van der Waals surface area contributed by atoms with E-state index in [-0.39, 0.29) is 17.3 Å². The highest BCUT2D eigenvalue weighted by atomic mass is 35.5. The number of fused-ring (bicyclic) bond motifs is 2. The Bertz CT molecular complexity index is 193. The van der Waals surface area contributed by atoms with Crippen LogP contribution < -0.4 is 0 Å². The maximum atomic E-state index is 11.3. The molecule has 2 bridgehead atoms.